The van der Waals surface area contributed by atoms with Gasteiger partial charge in [0.2, 0.25) is 0 Å². The number of hydrogen-bond acceptors (Lipinski definition) is 4. The Kier molecular flexibility index (Phi) is 4.70. The number of aromatic nitrogens is 1. The summed E-state index contributed by atoms with van der Waals surface area (Å²) in [4.78, 5) is 4.27. The summed E-state index contributed by atoms with van der Waals surface area (Å²) in [5.41, 5.74) is 2.69. The molecule has 0 saturated heterocycles. The van der Waals surface area contributed by atoms with E-state index in [4.69, 9.17) is 0 Å². The van der Waals surface area contributed by atoms with E-state index in [2.05, 4.69) is 31.1 Å². The molecule has 0 radical (unpaired) electrons. The van der Waals surface area contributed by atoms with E-state index in [1.807, 2.05) is 10.9 Å². The smallest absolute Gasteiger partial charge is 0.0795 e. The second-order valence-corrected chi connectivity index (χ2v) is 4.97. The summed E-state index contributed by atoms with van der Waals surface area (Å²) in [6.45, 7) is 6.43. The summed E-state index contributed by atoms with van der Waals surface area (Å²) in [7, 11) is 0. The van der Waals surface area contributed by atoms with E-state index in [0.29, 0.717) is 0 Å². The SMILES string of the molecule is CCCC(C)(CO)NC(C)c1cscn1. The molecule has 0 aliphatic rings. The van der Waals surface area contributed by atoms with Crippen LogP contribution in [0.25, 0.3) is 0 Å². The fourth-order valence-electron chi connectivity index (χ4n) is 1.78. The number of rotatable bonds is 6. The number of hydrogen-bond donors (Lipinski definition) is 2. The van der Waals surface area contributed by atoms with Crippen molar-refractivity contribution in [3.8, 4) is 0 Å². The zero-order valence-corrected chi connectivity index (χ0v) is 10.5. The molecular weight excluding hydrogens is 208 g/mol. The van der Waals surface area contributed by atoms with Gasteiger partial charge in [-0.1, -0.05) is 13.3 Å². The summed E-state index contributed by atoms with van der Waals surface area (Å²) < 4.78 is 0. The Hall–Kier alpha value is -0.450. The highest BCUT2D eigenvalue weighted by atomic mass is 32.1. The van der Waals surface area contributed by atoms with Crippen LogP contribution in [-0.4, -0.2) is 22.2 Å². The minimum absolute atomic E-state index is 0.162. The third-order valence-corrected chi connectivity index (χ3v) is 3.22. The van der Waals surface area contributed by atoms with Crippen LogP contribution in [-0.2, 0) is 0 Å². The van der Waals surface area contributed by atoms with E-state index < -0.39 is 0 Å². The van der Waals surface area contributed by atoms with Crippen molar-refractivity contribution in [1.82, 2.24) is 10.3 Å². The molecule has 1 aromatic rings. The maximum absolute atomic E-state index is 9.38. The topological polar surface area (TPSA) is 45.1 Å². The predicted molar refractivity (Wildman–Crippen MR) is 64.1 cm³/mol. The molecule has 3 nitrogen and oxygen atoms in total. The first-order chi connectivity index (χ1) is 7.11. The maximum atomic E-state index is 9.38. The van der Waals surface area contributed by atoms with Crippen molar-refractivity contribution in [2.75, 3.05) is 6.61 Å². The summed E-state index contributed by atoms with van der Waals surface area (Å²) in [6, 6.07) is 0.194. The van der Waals surface area contributed by atoms with Crippen LogP contribution < -0.4 is 5.32 Å². The van der Waals surface area contributed by atoms with Crippen LogP contribution in [0.4, 0.5) is 0 Å². The Morgan fingerprint density at radius 3 is 2.87 bits per heavy atom. The molecule has 0 aromatic carbocycles. The van der Waals surface area contributed by atoms with Crippen molar-refractivity contribution in [3.05, 3.63) is 16.6 Å². The first-order valence-corrected chi connectivity index (χ1v) is 6.32. The van der Waals surface area contributed by atoms with Crippen molar-refractivity contribution in [3.63, 3.8) is 0 Å². The van der Waals surface area contributed by atoms with Gasteiger partial charge in [-0.3, -0.25) is 0 Å². The van der Waals surface area contributed by atoms with Gasteiger partial charge in [0.05, 0.1) is 17.8 Å². The molecule has 4 heteroatoms. The van der Waals surface area contributed by atoms with E-state index in [9.17, 15) is 5.11 Å². The second kappa shape index (κ2) is 5.58. The van der Waals surface area contributed by atoms with Gasteiger partial charge in [0, 0.05) is 17.0 Å². The Balaban J connectivity index is 2.59. The molecule has 2 atom stereocenters. The molecule has 0 aliphatic carbocycles. The molecule has 1 rings (SSSR count). The minimum Gasteiger partial charge on any atom is -0.394 e. The highest BCUT2D eigenvalue weighted by Crippen LogP contribution is 2.19. The first kappa shape index (κ1) is 12.6. The second-order valence-electron chi connectivity index (χ2n) is 4.25. The van der Waals surface area contributed by atoms with Gasteiger partial charge in [0.15, 0.2) is 0 Å². The van der Waals surface area contributed by atoms with Gasteiger partial charge in [0.1, 0.15) is 0 Å². The molecular formula is C11H20N2OS. The van der Waals surface area contributed by atoms with Crippen LogP contribution >= 0.6 is 11.3 Å². The largest absolute Gasteiger partial charge is 0.394 e. The molecule has 2 N–H and O–H groups in total. The van der Waals surface area contributed by atoms with Gasteiger partial charge < -0.3 is 10.4 Å². The monoisotopic (exact) mass is 228 g/mol. The van der Waals surface area contributed by atoms with Crippen LogP contribution in [0.3, 0.4) is 0 Å². The average Bonchev–Trinajstić information content (AvgIpc) is 2.71. The summed E-state index contributed by atoms with van der Waals surface area (Å²) in [5.74, 6) is 0. The third kappa shape index (κ3) is 3.55. The first-order valence-electron chi connectivity index (χ1n) is 5.38. The molecule has 0 amide bonds. The van der Waals surface area contributed by atoms with E-state index in [1.54, 1.807) is 11.3 Å². The highest BCUT2D eigenvalue weighted by molar-refractivity contribution is 7.07. The van der Waals surface area contributed by atoms with Crippen molar-refractivity contribution in [2.24, 2.45) is 0 Å². The number of nitrogens with zero attached hydrogens (tertiary/aromatic N) is 1. The van der Waals surface area contributed by atoms with E-state index in [-0.39, 0.29) is 18.2 Å². The van der Waals surface area contributed by atoms with Crippen LogP contribution in [0.2, 0.25) is 0 Å². The molecule has 0 bridgehead atoms. The predicted octanol–water partition coefficient (Wildman–Crippen LogP) is 2.34. The Morgan fingerprint density at radius 2 is 2.40 bits per heavy atom. The summed E-state index contributed by atoms with van der Waals surface area (Å²) in [5, 5.41) is 14.9. The van der Waals surface area contributed by atoms with Crippen molar-refractivity contribution >= 4 is 11.3 Å². The van der Waals surface area contributed by atoms with E-state index >= 15 is 0 Å². The third-order valence-electron chi connectivity index (χ3n) is 2.61. The summed E-state index contributed by atoms with van der Waals surface area (Å²) >= 11 is 1.60. The molecule has 2 unspecified atom stereocenters. The van der Waals surface area contributed by atoms with Crippen LogP contribution in [0.5, 0.6) is 0 Å². The quantitative estimate of drug-likeness (QED) is 0.785. The van der Waals surface area contributed by atoms with Crippen LogP contribution in [0, 0.1) is 0 Å². The van der Waals surface area contributed by atoms with Gasteiger partial charge in [-0.25, -0.2) is 4.98 Å². The lowest BCUT2D eigenvalue weighted by Crippen LogP contribution is -2.46. The van der Waals surface area contributed by atoms with E-state index in [0.717, 1.165) is 18.5 Å². The lowest BCUT2D eigenvalue weighted by molar-refractivity contribution is 0.153. The summed E-state index contributed by atoms with van der Waals surface area (Å²) in [6.07, 6.45) is 2.03. The van der Waals surface area contributed by atoms with Crippen LogP contribution in [0.15, 0.2) is 10.9 Å². The molecule has 0 fully saturated rings. The maximum Gasteiger partial charge on any atom is 0.0795 e. The fraction of sp³-hybridized carbons (Fsp3) is 0.727. The number of aliphatic hydroxyl groups excluding tert-OH is 1. The van der Waals surface area contributed by atoms with Gasteiger partial charge in [0.25, 0.3) is 0 Å². The lowest BCUT2D eigenvalue weighted by Gasteiger charge is -2.31. The lowest BCUT2D eigenvalue weighted by atomic mass is 9.96. The van der Waals surface area contributed by atoms with Gasteiger partial charge in [-0.2, -0.15) is 0 Å². The van der Waals surface area contributed by atoms with Crippen molar-refractivity contribution in [1.29, 1.82) is 0 Å². The van der Waals surface area contributed by atoms with Crippen LogP contribution in [0.1, 0.15) is 45.3 Å². The Labute approximate surface area is 95.6 Å². The average molecular weight is 228 g/mol. The zero-order chi connectivity index (χ0) is 11.3. The van der Waals surface area contributed by atoms with Gasteiger partial charge in [-0.15, -0.1) is 11.3 Å². The minimum atomic E-state index is -0.197. The molecule has 0 aliphatic heterocycles. The number of thiazole rings is 1. The van der Waals surface area contributed by atoms with E-state index in [1.165, 1.54) is 0 Å². The number of aliphatic hydroxyl groups is 1. The Bertz CT molecular complexity index is 276. The normalized spacial score (nSPS) is 17.3. The molecule has 15 heavy (non-hydrogen) atoms. The van der Waals surface area contributed by atoms with Gasteiger partial charge >= 0.3 is 0 Å². The molecule has 0 saturated carbocycles. The molecule has 0 spiro atoms. The molecule has 86 valence electrons. The standard InChI is InChI=1S/C11H20N2OS/c1-4-5-11(3,7-14)13-9(2)10-6-15-8-12-10/h6,8-9,13-14H,4-5,7H2,1-3H3. The fourth-order valence-corrected chi connectivity index (χ4v) is 2.43. The zero-order valence-electron chi connectivity index (χ0n) is 9.66. The van der Waals surface area contributed by atoms with Crippen molar-refractivity contribution in [2.45, 2.75) is 45.2 Å². The number of nitrogens with one attached hydrogen (secondary N) is 1. The Morgan fingerprint density at radius 1 is 1.67 bits per heavy atom. The molecule has 1 heterocycles. The van der Waals surface area contributed by atoms with Crippen molar-refractivity contribution < 1.29 is 5.11 Å². The highest BCUT2D eigenvalue weighted by Gasteiger charge is 2.24. The molecule has 1 aromatic heterocycles. The van der Waals surface area contributed by atoms with Gasteiger partial charge in [-0.05, 0) is 20.3 Å².